The number of nitrogens with two attached hydrogens (primary N) is 1. The van der Waals surface area contributed by atoms with Crippen LogP contribution in [0, 0.1) is 0 Å². The summed E-state index contributed by atoms with van der Waals surface area (Å²) in [5.74, 6) is -0.492. The zero-order valence-corrected chi connectivity index (χ0v) is 5.66. The molecule has 0 aliphatic heterocycles. The lowest BCUT2D eigenvalue weighted by atomic mass is 10.5. The monoisotopic (exact) mass is 138 g/mol. The van der Waals surface area contributed by atoms with Crippen LogP contribution in [0.5, 0.6) is 0 Å². The molecule has 0 aromatic rings. The minimum Gasteiger partial charge on any atom is -0.366 e. The molecule has 0 aliphatic carbocycles. The molecule has 1 amide bonds. The largest absolute Gasteiger partial charge is 0.366 e. The van der Waals surface area contributed by atoms with Crippen LogP contribution in [-0.2, 0) is 4.79 Å². The van der Waals surface area contributed by atoms with Gasteiger partial charge in [0.05, 0.1) is 0 Å². The number of rotatable bonds is 4. The van der Waals surface area contributed by atoms with Crippen LogP contribution >= 0.6 is 0 Å². The fourth-order valence-electron chi connectivity index (χ4n) is 0.356. The van der Waals surface area contributed by atoms with Crippen molar-refractivity contribution in [2.24, 2.45) is 5.73 Å². The van der Waals surface area contributed by atoms with Crippen molar-refractivity contribution in [3.63, 3.8) is 0 Å². The number of nitrogens with zero attached hydrogens (tertiary/aromatic N) is 1. The Morgan fingerprint density at radius 3 is 2.20 bits per heavy atom. The van der Waals surface area contributed by atoms with Gasteiger partial charge in [0.15, 0.2) is 0 Å². The normalized spacial score (nSPS) is 9.20. The number of carbonyl (C=O) groups is 1. The van der Waals surface area contributed by atoms with E-state index >= 15 is 0 Å². The van der Waals surface area contributed by atoms with E-state index in [-0.39, 0.29) is 0 Å². The van der Waals surface area contributed by atoms with E-state index in [4.69, 9.17) is 5.73 Å². The predicted molar refractivity (Wildman–Crippen MR) is 40.6 cm³/mol. The molecular formula is C7H10N2O. The highest BCUT2D eigenvalue weighted by Gasteiger charge is 1.84. The van der Waals surface area contributed by atoms with E-state index in [2.05, 4.69) is 13.2 Å². The molecule has 0 saturated carbocycles. The molecule has 2 N–H and O–H groups in total. The average Bonchev–Trinajstić information content (AvgIpc) is 1.90. The van der Waals surface area contributed by atoms with Gasteiger partial charge in [-0.15, -0.1) is 0 Å². The summed E-state index contributed by atoms with van der Waals surface area (Å²) in [7, 11) is 0. The number of carbonyl (C=O) groups excluding carboxylic acids is 1. The number of hydrogen-bond acceptors (Lipinski definition) is 2. The van der Waals surface area contributed by atoms with Crippen molar-refractivity contribution < 1.29 is 4.79 Å². The molecular weight excluding hydrogens is 128 g/mol. The molecule has 0 aliphatic rings. The van der Waals surface area contributed by atoms with E-state index in [1.54, 1.807) is 0 Å². The van der Waals surface area contributed by atoms with E-state index in [1.165, 1.54) is 29.6 Å². The molecule has 0 fully saturated rings. The highest BCUT2D eigenvalue weighted by molar-refractivity contribution is 5.85. The van der Waals surface area contributed by atoms with Crippen LogP contribution in [-0.4, -0.2) is 10.8 Å². The Balaban J connectivity index is 3.95. The van der Waals surface area contributed by atoms with Crippen LogP contribution in [0.3, 0.4) is 0 Å². The van der Waals surface area contributed by atoms with Crippen LogP contribution in [0.15, 0.2) is 37.8 Å². The Hall–Kier alpha value is -1.51. The van der Waals surface area contributed by atoms with E-state index in [0.717, 1.165) is 0 Å². The molecule has 0 radical (unpaired) electrons. The van der Waals surface area contributed by atoms with E-state index < -0.39 is 5.91 Å². The standard InChI is InChI=1S/C7H10N2O/c1-3-9(4-2)6-5-7(8)10/h3-6H,1-2H2,(H2,8,10). The van der Waals surface area contributed by atoms with Crippen LogP contribution < -0.4 is 5.73 Å². The van der Waals surface area contributed by atoms with Gasteiger partial charge >= 0.3 is 0 Å². The second-order valence-corrected chi connectivity index (χ2v) is 1.53. The van der Waals surface area contributed by atoms with Crippen molar-refractivity contribution in [2.45, 2.75) is 0 Å². The number of amides is 1. The highest BCUT2D eigenvalue weighted by Crippen LogP contribution is 1.88. The highest BCUT2D eigenvalue weighted by atomic mass is 16.1. The summed E-state index contributed by atoms with van der Waals surface area (Å²) in [6, 6.07) is 0. The lowest BCUT2D eigenvalue weighted by molar-refractivity contribution is -0.113. The minimum atomic E-state index is -0.492. The van der Waals surface area contributed by atoms with Gasteiger partial charge in [-0.1, -0.05) is 13.2 Å². The molecule has 3 nitrogen and oxygen atoms in total. The third kappa shape index (κ3) is 3.49. The summed E-state index contributed by atoms with van der Waals surface area (Å²) in [4.78, 5) is 11.7. The number of hydrogen-bond donors (Lipinski definition) is 1. The quantitative estimate of drug-likeness (QED) is 0.577. The van der Waals surface area contributed by atoms with Crippen molar-refractivity contribution >= 4 is 5.91 Å². The Morgan fingerprint density at radius 1 is 1.40 bits per heavy atom. The summed E-state index contributed by atoms with van der Waals surface area (Å²) in [6.07, 6.45) is 5.71. The van der Waals surface area contributed by atoms with Crippen molar-refractivity contribution in [1.82, 2.24) is 4.90 Å². The molecule has 54 valence electrons. The van der Waals surface area contributed by atoms with Gasteiger partial charge in [-0.3, -0.25) is 4.79 Å². The predicted octanol–water partition coefficient (Wildman–Crippen LogP) is 0.574. The second-order valence-electron chi connectivity index (χ2n) is 1.53. The lowest BCUT2D eigenvalue weighted by Gasteiger charge is -2.04. The summed E-state index contributed by atoms with van der Waals surface area (Å²) >= 11 is 0. The fraction of sp³-hybridized carbons (Fsp3) is 0. The maximum atomic E-state index is 10.2. The smallest absolute Gasteiger partial charge is 0.242 e. The van der Waals surface area contributed by atoms with Crippen LogP contribution in [0.25, 0.3) is 0 Å². The van der Waals surface area contributed by atoms with Gasteiger partial charge in [0, 0.05) is 24.7 Å². The molecule has 0 atom stereocenters. The Bertz CT molecular complexity index is 164. The zero-order valence-electron chi connectivity index (χ0n) is 5.66. The summed E-state index contributed by atoms with van der Waals surface area (Å²) in [5.41, 5.74) is 4.83. The second kappa shape index (κ2) is 4.38. The fourth-order valence-corrected chi connectivity index (χ4v) is 0.356. The van der Waals surface area contributed by atoms with Gasteiger partial charge in [0.1, 0.15) is 0 Å². The van der Waals surface area contributed by atoms with Gasteiger partial charge < -0.3 is 10.6 Å². The Morgan fingerprint density at radius 2 is 1.90 bits per heavy atom. The molecule has 10 heavy (non-hydrogen) atoms. The molecule has 0 bridgehead atoms. The van der Waals surface area contributed by atoms with E-state index in [1.807, 2.05) is 0 Å². The summed E-state index contributed by atoms with van der Waals surface area (Å²) < 4.78 is 0. The third-order valence-electron chi connectivity index (χ3n) is 0.833. The van der Waals surface area contributed by atoms with Crippen molar-refractivity contribution in [1.29, 1.82) is 0 Å². The van der Waals surface area contributed by atoms with Crippen molar-refractivity contribution in [2.75, 3.05) is 0 Å². The van der Waals surface area contributed by atoms with E-state index in [9.17, 15) is 4.79 Å². The molecule has 0 unspecified atom stereocenters. The number of primary amides is 1. The van der Waals surface area contributed by atoms with Crippen molar-refractivity contribution in [3.8, 4) is 0 Å². The topological polar surface area (TPSA) is 46.3 Å². The average molecular weight is 138 g/mol. The molecule has 0 heterocycles. The Labute approximate surface area is 60.1 Å². The summed E-state index contributed by atoms with van der Waals surface area (Å²) in [5, 5.41) is 0. The summed E-state index contributed by atoms with van der Waals surface area (Å²) in [6.45, 7) is 6.92. The van der Waals surface area contributed by atoms with Crippen molar-refractivity contribution in [3.05, 3.63) is 37.8 Å². The van der Waals surface area contributed by atoms with Gasteiger partial charge in [0.25, 0.3) is 0 Å². The Kier molecular flexibility index (Phi) is 3.72. The van der Waals surface area contributed by atoms with Crippen LogP contribution in [0.4, 0.5) is 0 Å². The zero-order chi connectivity index (χ0) is 7.98. The first-order valence-corrected chi connectivity index (χ1v) is 2.71. The molecule has 0 saturated heterocycles. The van der Waals surface area contributed by atoms with Gasteiger partial charge in [-0.05, 0) is 0 Å². The lowest BCUT2D eigenvalue weighted by Crippen LogP contribution is -2.08. The molecule has 3 heteroatoms. The van der Waals surface area contributed by atoms with Gasteiger partial charge in [0.2, 0.25) is 5.91 Å². The molecule has 0 aromatic carbocycles. The maximum Gasteiger partial charge on any atom is 0.242 e. The van der Waals surface area contributed by atoms with Crippen LogP contribution in [0.1, 0.15) is 0 Å². The third-order valence-corrected chi connectivity index (χ3v) is 0.833. The first-order chi connectivity index (χ1) is 4.70. The first kappa shape index (κ1) is 8.49. The molecule has 0 spiro atoms. The van der Waals surface area contributed by atoms with E-state index in [0.29, 0.717) is 0 Å². The van der Waals surface area contributed by atoms with Gasteiger partial charge in [-0.25, -0.2) is 0 Å². The van der Waals surface area contributed by atoms with Crippen LogP contribution in [0.2, 0.25) is 0 Å². The molecule has 0 rings (SSSR count). The minimum absolute atomic E-state index is 0.492. The SMILES string of the molecule is C=CN(C=C)C=CC(N)=O. The van der Waals surface area contributed by atoms with Gasteiger partial charge in [-0.2, -0.15) is 0 Å². The maximum absolute atomic E-state index is 10.2. The first-order valence-electron chi connectivity index (χ1n) is 2.71. The molecule has 0 aromatic heterocycles.